The Morgan fingerprint density at radius 3 is 2.79 bits per heavy atom. The molecule has 7 heteroatoms. The van der Waals surface area contributed by atoms with Gasteiger partial charge < -0.3 is 15.1 Å². The molecule has 124 valence electrons. The Balaban J connectivity index is 1.46. The van der Waals surface area contributed by atoms with Crippen LogP contribution < -0.4 is 10.6 Å². The Bertz CT molecular complexity index is 764. The van der Waals surface area contributed by atoms with Gasteiger partial charge in [0.15, 0.2) is 11.7 Å². The molecule has 7 nitrogen and oxygen atoms in total. The van der Waals surface area contributed by atoms with Crippen LogP contribution in [0.4, 0.5) is 0 Å². The molecule has 0 radical (unpaired) electrons. The van der Waals surface area contributed by atoms with Gasteiger partial charge in [0, 0.05) is 13.6 Å². The second kappa shape index (κ2) is 7.96. The number of hydrogen-bond donors (Lipinski definition) is 3. The van der Waals surface area contributed by atoms with Crippen LogP contribution in [0.1, 0.15) is 11.4 Å². The molecule has 0 fully saturated rings. The summed E-state index contributed by atoms with van der Waals surface area (Å²) in [5, 5.41) is 13.5. The summed E-state index contributed by atoms with van der Waals surface area (Å²) in [5.74, 6) is 2.63. The minimum absolute atomic E-state index is 0.499. The summed E-state index contributed by atoms with van der Waals surface area (Å²) in [6.45, 7) is 1.30. The van der Waals surface area contributed by atoms with Crippen LogP contribution in [0.15, 0.2) is 58.1 Å². The molecule has 0 aliphatic rings. The highest BCUT2D eigenvalue weighted by atomic mass is 16.3. The number of nitrogens with one attached hydrogen (secondary N) is 3. The molecular weight excluding hydrogens is 304 g/mol. The predicted molar refractivity (Wildman–Crippen MR) is 92.4 cm³/mol. The number of aliphatic imine (C=N–C) groups is 1. The fourth-order valence-corrected chi connectivity index (χ4v) is 2.25. The first-order valence-corrected chi connectivity index (χ1v) is 7.79. The summed E-state index contributed by atoms with van der Waals surface area (Å²) in [7, 11) is 1.74. The summed E-state index contributed by atoms with van der Waals surface area (Å²) in [6, 6.07) is 14.0. The van der Waals surface area contributed by atoms with Gasteiger partial charge >= 0.3 is 0 Å². The average molecular weight is 324 g/mol. The van der Waals surface area contributed by atoms with E-state index in [1.54, 1.807) is 13.3 Å². The molecular formula is C17H20N6O. The number of benzene rings is 1. The van der Waals surface area contributed by atoms with Crippen LogP contribution in [-0.4, -0.2) is 34.7 Å². The predicted octanol–water partition coefficient (Wildman–Crippen LogP) is 1.97. The highest BCUT2D eigenvalue weighted by Crippen LogP contribution is 2.14. The van der Waals surface area contributed by atoms with Gasteiger partial charge in [-0.25, -0.2) is 4.98 Å². The fraction of sp³-hybridized carbons (Fsp3) is 0.235. The molecule has 3 aromatic rings. The van der Waals surface area contributed by atoms with E-state index < -0.39 is 0 Å². The molecule has 0 saturated heterocycles. The van der Waals surface area contributed by atoms with E-state index in [4.69, 9.17) is 4.42 Å². The molecule has 0 aliphatic heterocycles. The van der Waals surface area contributed by atoms with Crippen molar-refractivity contribution >= 4 is 5.96 Å². The van der Waals surface area contributed by atoms with Crippen molar-refractivity contribution in [2.24, 2.45) is 4.99 Å². The van der Waals surface area contributed by atoms with Crippen molar-refractivity contribution in [2.75, 3.05) is 13.6 Å². The molecule has 0 unspecified atom stereocenters. The topological polar surface area (TPSA) is 91.1 Å². The van der Waals surface area contributed by atoms with Gasteiger partial charge in [0.2, 0.25) is 5.82 Å². The molecule has 1 aromatic carbocycles. The van der Waals surface area contributed by atoms with Gasteiger partial charge in [-0.15, -0.1) is 5.10 Å². The summed E-state index contributed by atoms with van der Waals surface area (Å²) in [5.41, 5.74) is 1.29. The fourth-order valence-electron chi connectivity index (χ4n) is 2.25. The molecule has 0 aliphatic carbocycles. The van der Waals surface area contributed by atoms with E-state index in [0.717, 1.165) is 18.9 Å². The van der Waals surface area contributed by atoms with Gasteiger partial charge in [-0.1, -0.05) is 30.3 Å². The Morgan fingerprint density at radius 2 is 2.04 bits per heavy atom. The van der Waals surface area contributed by atoms with Crippen molar-refractivity contribution in [3.05, 3.63) is 60.1 Å². The first kappa shape index (κ1) is 15.8. The first-order chi connectivity index (χ1) is 11.8. The van der Waals surface area contributed by atoms with Crippen LogP contribution in [0.25, 0.3) is 11.6 Å². The van der Waals surface area contributed by atoms with E-state index in [2.05, 4.69) is 42.9 Å². The molecule has 2 aromatic heterocycles. The summed E-state index contributed by atoms with van der Waals surface area (Å²) in [6.07, 6.45) is 2.54. The lowest BCUT2D eigenvalue weighted by atomic mass is 10.1. The normalized spacial score (nSPS) is 11.5. The number of furan rings is 1. The van der Waals surface area contributed by atoms with Crippen molar-refractivity contribution < 1.29 is 4.42 Å². The minimum Gasteiger partial charge on any atom is -0.461 e. The van der Waals surface area contributed by atoms with E-state index in [-0.39, 0.29) is 0 Å². The summed E-state index contributed by atoms with van der Waals surface area (Å²) in [4.78, 5) is 8.59. The van der Waals surface area contributed by atoms with Crippen molar-refractivity contribution in [1.82, 2.24) is 25.8 Å². The van der Waals surface area contributed by atoms with Crippen LogP contribution >= 0.6 is 0 Å². The standard InChI is InChI=1S/C17H20N6O/c1-18-17(19-10-9-13-6-3-2-4-7-13)20-12-15-21-16(23-22-15)14-8-5-11-24-14/h2-8,11H,9-10,12H2,1H3,(H2,18,19,20)(H,21,22,23). The van der Waals surface area contributed by atoms with E-state index >= 15 is 0 Å². The van der Waals surface area contributed by atoms with Gasteiger partial charge in [0.05, 0.1) is 12.8 Å². The van der Waals surface area contributed by atoms with Gasteiger partial charge in [-0.2, -0.15) is 0 Å². The van der Waals surface area contributed by atoms with E-state index in [1.165, 1.54) is 5.56 Å². The van der Waals surface area contributed by atoms with Crippen molar-refractivity contribution in [1.29, 1.82) is 0 Å². The van der Waals surface area contributed by atoms with Gasteiger partial charge in [0.25, 0.3) is 0 Å². The molecule has 0 atom stereocenters. The minimum atomic E-state index is 0.499. The zero-order chi connectivity index (χ0) is 16.6. The molecule has 3 N–H and O–H groups in total. The second-order valence-corrected chi connectivity index (χ2v) is 5.17. The zero-order valence-electron chi connectivity index (χ0n) is 13.5. The molecule has 24 heavy (non-hydrogen) atoms. The lowest BCUT2D eigenvalue weighted by Gasteiger charge is -2.10. The SMILES string of the molecule is CN=C(NCCc1ccccc1)NCc1nc(-c2ccco2)n[nH]1. The maximum absolute atomic E-state index is 5.27. The molecule has 0 saturated carbocycles. The lowest BCUT2D eigenvalue weighted by molar-refractivity contribution is 0.577. The number of rotatable bonds is 6. The number of aromatic amines is 1. The van der Waals surface area contributed by atoms with Crippen LogP contribution in [0.3, 0.4) is 0 Å². The third-order valence-electron chi connectivity index (χ3n) is 3.47. The van der Waals surface area contributed by atoms with Crippen LogP contribution in [0.2, 0.25) is 0 Å². The number of aromatic nitrogens is 3. The largest absolute Gasteiger partial charge is 0.461 e. The van der Waals surface area contributed by atoms with E-state index in [1.807, 2.05) is 30.3 Å². The first-order valence-electron chi connectivity index (χ1n) is 7.79. The maximum atomic E-state index is 5.27. The van der Waals surface area contributed by atoms with Gasteiger partial charge in [0.1, 0.15) is 5.82 Å². The quantitative estimate of drug-likeness (QED) is 0.476. The Hall–Kier alpha value is -3.09. The zero-order valence-corrected chi connectivity index (χ0v) is 13.5. The van der Waals surface area contributed by atoms with E-state index in [9.17, 15) is 0 Å². The maximum Gasteiger partial charge on any atom is 0.216 e. The average Bonchev–Trinajstić information content (AvgIpc) is 3.30. The molecule has 0 bridgehead atoms. The van der Waals surface area contributed by atoms with Crippen LogP contribution in [-0.2, 0) is 13.0 Å². The monoisotopic (exact) mass is 324 g/mol. The smallest absolute Gasteiger partial charge is 0.216 e. The molecule has 0 amide bonds. The highest BCUT2D eigenvalue weighted by molar-refractivity contribution is 5.79. The summed E-state index contributed by atoms with van der Waals surface area (Å²) >= 11 is 0. The third-order valence-corrected chi connectivity index (χ3v) is 3.47. The van der Waals surface area contributed by atoms with Crippen LogP contribution in [0, 0.1) is 0 Å². The highest BCUT2D eigenvalue weighted by Gasteiger charge is 2.08. The van der Waals surface area contributed by atoms with E-state index in [0.29, 0.717) is 24.0 Å². The van der Waals surface area contributed by atoms with Crippen molar-refractivity contribution in [3.8, 4) is 11.6 Å². The Labute approximate surface area is 140 Å². The van der Waals surface area contributed by atoms with Gasteiger partial charge in [-0.3, -0.25) is 10.1 Å². The Kier molecular flexibility index (Phi) is 5.24. The van der Waals surface area contributed by atoms with Gasteiger partial charge in [-0.05, 0) is 24.1 Å². The molecule has 0 spiro atoms. The second-order valence-electron chi connectivity index (χ2n) is 5.17. The van der Waals surface area contributed by atoms with Crippen molar-refractivity contribution in [2.45, 2.75) is 13.0 Å². The third kappa shape index (κ3) is 4.22. The molecule has 3 rings (SSSR count). The molecule has 2 heterocycles. The van der Waals surface area contributed by atoms with Crippen molar-refractivity contribution in [3.63, 3.8) is 0 Å². The summed E-state index contributed by atoms with van der Waals surface area (Å²) < 4.78 is 5.27. The van der Waals surface area contributed by atoms with Crippen LogP contribution in [0.5, 0.6) is 0 Å². The Morgan fingerprint density at radius 1 is 1.17 bits per heavy atom. The number of hydrogen-bond acceptors (Lipinski definition) is 4. The number of H-pyrrole nitrogens is 1. The number of guanidine groups is 1. The lowest BCUT2D eigenvalue weighted by Crippen LogP contribution is -2.38. The number of nitrogens with zero attached hydrogens (tertiary/aromatic N) is 3.